The summed E-state index contributed by atoms with van der Waals surface area (Å²) in [6.07, 6.45) is 5.10. The number of rotatable bonds is 8. The van der Waals surface area contributed by atoms with Crippen LogP contribution in [0.25, 0.3) is 0 Å². The molecule has 2 saturated carbocycles. The third-order valence-corrected chi connectivity index (χ3v) is 6.11. The molecule has 1 aromatic rings. The van der Waals surface area contributed by atoms with E-state index in [0.717, 1.165) is 11.5 Å². The summed E-state index contributed by atoms with van der Waals surface area (Å²) in [6, 6.07) is 4.21. The fourth-order valence-electron chi connectivity index (χ4n) is 4.46. The quantitative estimate of drug-likeness (QED) is 0.496. The molecule has 0 spiro atoms. The normalized spacial score (nSPS) is 22.6. The van der Waals surface area contributed by atoms with Crippen LogP contribution in [0.2, 0.25) is 0 Å². The fourth-order valence-corrected chi connectivity index (χ4v) is 4.46. The molecule has 2 aliphatic carbocycles. The van der Waals surface area contributed by atoms with Gasteiger partial charge in [0.25, 0.3) is 0 Å². The number of carbonyl (C=O) groups is 1. The number of benzene rings is 1. The molecule has 0 aliphatic heterocycles. The summed E-state index contributed by atoms with van der Waals surface area (Å²) >= 11 is 0. The van der Waals surface area contributed by atoms with Crippen molar-refractivity contribution >= 4 is 11.9 Å². The first-order valence-corrected chi connectivity index (χ1v) is 10.5. The zero-order valence-electron chi connectivity index (χ0n) is 18.7. The van der Waals surface area contributed by atoms with Crippen molar-refractivity contribution in [3.8, 4) is 17.2 Å². The molecule has 2 fully saturated rings. The van der Waals surface area contributed by atoms with Gasteiger partial charge in [0, 0.05) is 20.1 Å². The zero-order valence-corrected chi connectivity index (χ0v) is 18.7. The number of nitrogens with one attached hydrogen (secondary N) is 2. The average molecular weight is 419 g/mol. The van der Waals surface area contributed by atoms with E-state index in [1.807, 2.05) is 12.1 Å². The molecule has 0 aromatic heterocycles. The van der Waals surface area contributed by atoms with Gasteiger partial charge in [-0.1, -0.05) is 6.42 Å². The second-order valence-electron chi connectivity index (χ2n) is 8.27. The minimum absolute atomic E-state index is 0.00484. The summed E-state index contributed by atoms with van der Waals surface area (Å²) in [5.74, 6) is 3.95. The Hall–Kier alpha value is -2.64. The molecular formula is C22H34N4O4. The van der Waals surface area contributed by atoms with Gasteiger partial charge in [0.1, 0.15) is 0 Å². The molecule has 2 bridgehead atoms. The Morgan fingerprint density at radius 2 is 1.80 bits per heavy atom. The number of ether oxygens (including phenoxy) is 3. The fraction of sp³-hybridized carbons (Fsp3) is 0.636. The van der Waals surface area contributed by atoms with Crippen molar-refractivity contribution in [1.29, 1.82) is 0 Å². The Kier molecular flexibility index (Phi) is 7.29. The lowest BCUT2D eigenvalue weighted by Crippen LogP contribution is -2.48. The molecule has 3 unspecified atom stereocenters. The lowest BCUT2D eigenvalue weighted by molar-refractivity contribution is -0.127. The van der Waals surface area contributed by atoms with Gasteiger partial charge in [0.2, 0.25) is 11.7 Å². The number of methoxy groups -OCH3 is 3. The summed E-state index contributed by atoms with van der Waals surface area (Å²) < 4.78 is 16.3. The second-order valence-corrected chi connectivity index (χ2v) is 8.27. The zero-order chi connectivity index (χ0) is 21.7. The molecule has 3 atom stereocenters. The van der Waals surface area contributed by atoms with Gasteiger partial charge >= 0.3 is 0 Å². The van der Waals surface area contributed by atoms with Gasteiger partial charge in [-0.2, -0.15) is 0 Å². The first kappa shape index (κ1) is 22.1. The minimum Gasteiger partial charge on any atom is -0.493 e. The monoisotopic (exact) mass is 418 g/mol. The molecule has 0 saturated heterocycles. The van der Waals surface area contributed by atoms with Crippen LogP contribution in [0.5, 0.6) is 17.2 Å². The van der Waals surface area contributed by atoms with Gasteiger partial charge in [0.05, 0.1) is 34.4 Å². The number of hydrogen-bond donors (Lipinski definition) is 2. The van der Waals surface area contributed by atoms with E-state index < -0.39 is 0 Å². The van der Waals surface area contributed by atoms with E-state index in [1.165, 1.54) is 25.7 Å². The number of amides is 1. The highest BCUT2D eigenvalue weighted by atomic mass is 16.5. The molecule has 3 rings (SSSR count). The smallest absolute Gasteiger partial charge is 0.241 e. The van der Waals surface area contributed by atoms with Crippen molar-refractivity contribution in [2.45, 2.75) is 38.3 Å². The Balaban J connectivity index is 1.75. The molecular weight excluding hydrogens is 384 g/mol. The highest BCUT2D eigenvalue weighted by molar-refractivity contribution is 5.86. The Morgan fingerprint density at radius 3 is 2.30 bits per heavy atom. The molecule has 2 aliphatic rings. The number of carbonyl (C=O) groups excluding carboxylic acids is 1. The Morgan fingerprint density at radius 1 is 1.10 bits per heavy atom. The topological polar surface area (TPSA) is 84.4 Å². The van der Waals surface area contributed by atoms with Crippen LogP contribution < -0.4 is 24.8 Å². The molecule has 2 N–H and O–H groups in total. The number of fused-ring (bicyclic) bond motifs is 2. The van der Waals surface area contributed by atoms with Crippen molar-refractivity contribution in [2.24, 2.45) is 16.8 Å². The van der Waals surface area contributed by atoms with E-state index in [0.29, 0.717) is 41.7 Å². The van der Waals surface area contributed by atoms with Gasteiger partial charge in [-0.3, -0.25) is 4.79 Å². The first-order valence-electron chi connectivity index (χ1n) is 10.5. The Labute approximate surface area is 179 Å². The van der Waals surface area contributed by atoms with E-state index in [9.17, 15) is 4.79 Å². The molecule has 30 heavy (non-hydrogen) atoms. The maximum atomic E-state index is 12.1. The van der Waals surface area contributed by atoms with Crippen LogP contribution in [0.4, 0.5) is 0 Å². The van der Waals surface area contributed by atoms with Crippen LogP contribution in [0, 0.1) is 11.8 Å². The molecule has 1 aromatic carbocycles. The summed E-state index contributed by atoms with van der Waals surface area (Å²) in [5.41, 5.74) is 0.928. The lowest BCUT2D eigenvalue weighted by atomic mass is 9.95. The summed E-state index contributed by atoms with van der Waals surface area (Å²) in [7, 11) is 8.28. The standard InChI is InChI=1S/C22H34N4O4/c1-26(2)20(27)13-24-22(25-17-9-14-6-7-16(17)8-14)23-12-15-10-18(28-3)21(30-5)19(11-15)29-4/h10-11,14,16-17H,6-9,12-13H2,1-5H3,(H2,23,24,25). The first-order chi connectivity index (χ1) is 14.4. The molecule has 8 nitrogen and oxygen atoms in total. The van der Waals surface area contributed by atoms with Crippen molar-refractivity contribution in [3.05, 3.63) is 17.7 Å². The summed E-state index contributed by atoms with van der Waals surface area (Å²) in [4.78, 5) is 18.4. The van der Waals surface area contributed by atoms with E-state index in [4.69, 9.17) is 19.2 Å². The SMILES string of the molecule is COc1cc(CN=C(NCC(=O)N(C)C)NC2CC3CCC2C3)cc(OC)c1OC. The highest BCUT2D eigenvalue weighted by Gasteiger charge is 2.39. The van der Waals surface area contributed by atoms with Crippen LogP contribution in [0.15, 0.2) is 17.1 Å². The van der Waals surface area contributed by atoms with Crippen LogP contribution in [-0.2, 0) is 11.3 Å². The minimum atomic E-state index is 0.00484. The Bertz CT molecular complexity index is 755. The van der Waals surface area contributed by atoms with Crippen molar-refractivity contribution < 1.29 is 19.0 Å². The largest absolute Gasteiger partial charge is 0.493 e. The summed E-state index contributed by atoms with van der Waals surface area (Å²) in [5, 5.41) is 6.77. The highest BCUT2D eigenvalue weighted by Crippen LogP contribution is 2.44. The number of aliphatic imine (C=N–C) groups is 1. The number of nitrogens with zero attached hydrogens (tertiary/aromatic N) is 2. The third kappa shape index (κ3) is 5.09. The molecule has 166 valence electrons. The van der Waals surface area contributed by atoms with E-state index in [-0.39, 0.29) is 12.5 Å². The summed E-state index contributed by atoms with van der Waals surface area (Å²) in [6.45, 7) is 0.623. The van der Waals surface area contributed by atoms with Gasteiger partial charge in [0.15, 0.2) is 17.5 Å². The number of guanidine groups is 1. The van der Waals surface area contributed by atoms with E-state index >= 15 is 0 Å². The number of hydrogen-bond acceptors (Lipinski definition) is 5. The molecule has 0 radical (unpaired) electrons. The predicted octanol–water partition coefficient (Wildman–Crippen LogP) is 2.02. The van der Waals surface area contributed by atoms with Crippen LogP contribution in [-0.4, -0.2) is 64.8 Å². The molecule has 0 heterocycles. The average Bonchev–Trinajstić information content (AvgIpc) is 3.37. The second kappa shape index (κ2) is 9.91. The van der Waals surface area contributed by atoms with Crippen molar-refractivity contribution in [3.63, 3.8) is 0 Å². The lowest BCUT2D eigenvalue weighted by Gasteiger charge is -2.25. The van der Waals surface area contributed by atoms with Crippen LogP contribution >= 0.6 is 0 Å². The van der Waals surface area contributed by atoms with E-state index in [1.54, 1.807) is 40.3 Å². The van der Waals surface area contributed by atoms with Crippen LogP contribution in [0.3, 0.4) is 0 Å². The van der Waals surface area contributed by atoms with Crippen molar-refractivity contribution in [1.82, 2.24) is 15.5 Å². The molecule has 8 heteroatoms. The van der Waals surface area contributed by atoms with Gasteiger partial charge < -0.3 is 29.7 Å². The maximum Gasteiger partial charge on any atom is 0.241 e. The van der Waals surface area contributed by atoms with Gasteiger partial charge in [-0.05, 0) is 48.8 Å². The van der Waals surface area contributed by atoms with Gasteiger partial charge in [-0.25, -0.2) is 4.99 Å². The van der Waals surface area contributed by atoms with E-state index in [2.05, 4.69) is 10.6 Å². The maximum absolute atomic E-state index is 12.1. The number of likely N-dealkylation sites (N-methyl/N-ethyl adjacent to an activating group) is 1. The van der Waals surface area contributed by atoms with Crippen LogP contribution in [0.1, 0.15) is 31.2 Å². The molecule has 1 amide bonds. The third-order valence-electron chi connectivity index (χ3n) is 6.11. The van der Waals surface area contributed by atoms with Crippen molar-refractivity contribution in [2.75, 3.05) is 42.0 Å². The predicted molar refractivity (Wildman–Crippen MR) is 116 cm³/mol. The van der Waals surface area contributed by atoms with Gasteiger partial charge in [-0.15, -0.1) is 0 Å².